The first-order valence-electron chi connectivity index (χ1n) is 15.0. The molecule has 0 spiro atoms. The SMILES string of the molecule is C[C@@H](NC(=O)c1[nH]c2ccccc2c1Sc1ncccc1C(=O)O)C(=O)N1CCN(C(c2ccc(F)cc2)c2ccc(F)cc2)CC1. The second-order valence-electron chi connectivity index (χ2n) is 11.2. The maximum absolute atomic E-state index is 13.7. The van der Waals surface area contributed by atoms with Crippen molar-refractivity contribution >= 4 is 40.4 Å². The summed E-state index contributed by atoms with van der Waals surface area (Å²) in [7, 11) is 0. The fourth-order valence-electron chi connectivity index (χ4n) is 5.82. The molecule has 0 aliphatic carbocycles. The van der Waals surface area contributed by atoms with E-state index >= 15 is 0 Å². The van der Waals surface area contributed by atoms with E-state index in [0.29, 0.717) is 36.6 Å². The molecule has 1 fully saturated rings. The molecule has 0 bridgehead atoms. The average molecular weight is 656 g/mol. The van der Waals surface area contributed by atoms with Gasteiger partial charge in [0.15, 0.2) is 0 Å². The van der Waals surface area contributed by atoms with Crippen molar-refractivity contribution < 1.29 is 28.3 Å². The van der Waals surface area contributed by atoms with E-state index < -0.39 is 17.9 Å². The number of hydrogen-bond donors (Lipinski definition) is 3. The molecule has 12 heteroatoms. The number of carbonyl (C=O) groups is 3. The van der Waals surface area contributed by atoms with Crippen LogP contribution in [0, 0.1) is 11.6 Å². The highest BCUT2D eigenvalue weighted by Crippen LogP contribution is 2.37. The van der Waals surface area contributed by atoms with Crippen molar-refractivity contribution in [1.29, 1.82) is 0 Å². The molecule has 3 aromatic carbocycles. The van der Waals surface area contributed by atoms with Gasteiger partial charge in [0.25, 0.3) is 5.91 Å². The summed E-state index contributed by atoms with van der Waals surface area (Å²) < 4.78 is 27.4. The Morgan fingerprint density at radius 1 is 0.872 bits per heavy atom. The molecule has 3 heterocycles. The molecule has 0 unspecified atom stereocenters. The molecule has 5 aromatic rings. The summed E-state index contributed by atoms with van der Waals surface area (Å²) in [6.45, 7) is 3.42. The lowest BCUT2D eigenvalue weighted by Gasteiger charge is -2.40. The van der Waals surface area contributed by atoms with Crippen molar-refractivity contribution in [2.45, 2.75) is 28.9 Å². The Morgan fingerprint density at radius 3 is 2.11 bits per heavy atom. The zero-order chi connectivity index (χ0) is 33.1. The molecule has 3 N–H and O–H groups in total. The Morgan fingerprint density at radius 2 is 1.49 bits per heavy atom. The number of pyridine rings is 1. The second kappa shape index (κ2) is 13.7. The van der Waals surface area contributed by atoms with Gasteiger partial charge in [-0.1, -0.05) is 54.2 Å². The van der Waals surface area contributed by atoms with Crippen LogP contribution >= 0.6 is 11.8 Å². The van der Waals surface area contributed by atoms with Gasteiger partial charge in [0, 0.05) is 43.3 Å². The van der Waals surface area contributed by atoms with E-state index in [1.165, 1.54) is 42.6 Å². The minimum Gasteiger partial charge on any atom is -0.478 e. The number of amides is 2. The number of aromatic nitrogens is 2. The van der Waals surface area contributed by atoms with Gasteiger partial charge in [-0.25, -0.2) is 18.6 Å². The third-order valence-electron chi connectivity index (χ3n) is 8.17. The maximum atomic E-state index is 13.7. The highest BCUT2D eigenvalue weighted by Gasteiger charge is 2.31. The van der Waals surface area contributed by atoms with Crippen molar-refractivity contribution in [2.75, 3.05) is 26.2 Å². The first-order chi connectivity index (χ1) is 22.7. The van der Waals surface area contributed by atoms with Gasteiger partial charge in [0.05, 0.1) is 16.5 Å². The molecule has 1 aliphatic heterocycles. The highest BCUT2D eigenvalue weighted by atomic mass is 32.2. The fourth-order valence-corrected chi connectivity index (χ4v) is 6.93. The predicted molar refractivity (Wildman–Crippen MR) is 173 cm³/mol. The summed E-state index contributed by atoms with van der Waals surface area (Å²) in [6, 6.07) is 21.6. The largest absolute Gasteiger partial charge is 0.478 e. The van der Waals surface area contributed by atoms with E-state index in [-0.39, 0.29) is 39.9 Å². The number of nitrogens with one attached hydrogen (secondary N) is 2. The van der Waals surface area contributed by atoms with Gasteiger partial charge in [-0.3, -0.25) is 14.5 Å². The molecule has 0 saturated carbocycles. The summed E-state index contributed by atoms with van der Waals surface area (Å²) in [5, 5.41) is 13.4. The molecule has 2 amide bonds. The normalized spacial score (nSPS) is 14.3. The topological polar surface area (TPSA) is 119 Å². The van der Waals surface area contributed by atoms with Gasteiger partial charge >= 0.3 is 5.97 Å². The molecular formula is C35H31F2N5O4S. The lowest BCUT2D eigenvalue weighted by molar-refractivity contribution is -0.134. The third-order valence-corrected chi connectivity index (χ3v) is 9.31. The molecule has 240 valence electrons. The Labute approximate surface area is 273 Å². The summed E-state index contributed by atoms with van der Waals surface area (Å²) in [5.41, 5.74) is 2.60. The zero-order valence-corrected chi connectivity index (χ0v) is 26.1. The van der Waals surface area contributed by atoms with Crippen molar-refractivity contribution in [3.05, 3.63) is 125 Å². The number of carbonyl (C=O) groups excluding carboxylic acids is 2. The van der Waals surface area contributed by atoms with E-state index in [1.54, 1.807) is 36.1 Å². The molecule has 1 saturated heterocycles. The van der Waals surface area contributed by atoms with E-state index in [2.05, 4.69) is 20.2 Å². The smallest absolute Gasteiger partial charge is 0.338 e. The van der Waals surface area contributed by atoms with Gasteiger partial charge in [-0.15, -0.1) is 0 Å². The molecule has 47 heavy (non-hydrogen) atoms. The number of carboxylic acid groups (broad SMARTS) is 1. The van der Waals surface area contributed by atoms with Gasteiger partial charge < -0.3 is 20.3 Å². The van der Waals surface area contributed by atoms with Crippen LogP contribution < -0.4 is 5.32 Å². The van der Waals surface area contributed by atoms with Gasteiger partial charge in [-0.2, -0.15) is 0 Å². The average Bonchev–Trinajstić information content (AvgIpc) is 3.45. The van der Waals surface area contributed by atoms with Crippen molar-refractivity contribution in [3.8, 4) is 0 Å². The minimum absolute atomic E-state index is 0.0120. The number of aromatic carboxylic acids is 1. The number of fused-ring (bicyclic) bond motifs is 1. The number of halogens is 2. The molecule has 6 rings (SSSR count). The van der Waals surface area contributed by atoms with Crippen molar-refractivity contribution in [1.82, 2.24) is 25.1 Å². The summed E-state index contributed by atoms with van der Waals surface area (Å²) in [6.07, 6.45) is 1.49. The number of aromatic amines is 1. The first-order valence-corrected chi connectivity index (χ1v) is 15.8. The van der Waals surface area contributed by atoms with Gasteiger partial charge in [0.2, 0.25) is 5.91 Å². The van der Waals surface area contributed by atoms with E-state index in [0.717, 1.165) is 28.3 Å². The number of hydrogen-bond acceptors (Lipinski definition) is 6. The number of piperazine rings is 1. The van der Waals surface area contributed by atoms with Crippen LogP contribution in [-0.4, -0.2) is 74.9 Å². The van der Waals surface area contributed by atoms with E-state index in [9.17, 15) is 28.3 Å². The van der Waals surface area contributed by atoms with Crippen LogP contribution in [0.5, 0.6) is 0 Å². The van der Waals surface area contributed by atoms with Crippen molar-refractivity contribution in [2.24, 2.45) is 0 Å². The fraction of sp³-hybridized carbons (Fsp3) is 0.200. The standard InChI is InChI=1S/C35H31F2N5O4S/c1-21(39-32(43)29-31(26-5-2-3-7-28(26)40-29)47-33-27(35(45)46)6-4-16-38-33)34(44)42-19-17-41(18-20-42)30(22-8-12-24(36)13-9-22)23-10-14-25(37)15-11-23/h2-16,21,30,40H,17-20H2,1H3,(H,39,43)(H,45,46)/t21-/m1/s1. The second-order valence-corrected chi connectivity index (χ2v) is 12.2. The van der Waals surface area contributed by atoms with Crippen LogP contribution in [0.15, 0.2) is 101 Å². The van der Waals surface area contributed by atoms with Gasteiger partial charge in [0.1, 0.15) is 28.4 Å². The Bertz CT molecular complexity index is 1880. The molecule has 1 atom stereocenters. The van der Waals surface area contributed by atoms with Crippen LogP contribution in [-0.2, 0) is 4.79 Å². The minimum atomic E-state index is -1.13. The Balaban J connectivity index is 1.16. The zero-order valence-electron chi connectivity index (χ0n) is 25.3. The van der Waals surface area contributed by atoms with Gasteiger partial charge in [-0.05, 0) is 60.5 Å². The van der Waals surface area contributed by atoms with Crippen LogP contribution in [0.2, 0.25) is 0 Å². The quantitative estimate of drug-likeness (QED) is 0.185. The number of para-hydroxylation sites is 1. The number of rotatable bonds is 9. The Kier molecular flexibility index (Phi) is 9.32. The monoisotopic (exact) mass is 655 g/mol. The van der Waals surface area contributed by atoms with Crippen LogP contribution in [0.3, 0.4) is 0 Å². The van der Waals surface area contributed by atoms with Crippen LogP contribution in [0.4, 0.5) is 8.78 Å². The lowest BCUT2D eigenvalue weighted by Crippen LogP contribution is -2.54. The molecular weight excluding hydrogens is 624 g/mol. The Hall–Kier alpha value is -5.07. The number of carboxylic acids is 1. The summed E-state index contributed by atoms with van der Waals surface area (Å²) >= 11 is 1.07. The molecule has 1 aliphatic rings. The number of nitrogens with zero attached hydrogens (tertiary/aromatic N) is 3. The predicted octanol–water partition coefficient (Wildman–Crippen LogP) is 5.74. The van der Waals surface area contributed by atoms with E-state index in [4.69, 9.17) is 0 Å². The summed E-state index contributed by atoms with van der Waals surface area (Å²) in [5.74, 6) is -2.59. The molecule has 9 nitrogen and oxygen atoms in total. The maximum Gasteiger partial charge on any atom is 0.338 e. The number of benzene rings is 3. The molecule has 0 radical (unpaired) electrons. The first kappa shape index (κ1) is 31.9. The summed E-state index contributed by atoms with van der Waals surface area (Å²) in [4.78, 5) is 50.7. The lowest BCUT2D eigenvalue weighted by atomic mass is 9.96. The van der Waals surface area contributed by atoms with Crippen LogP contribution in [0.1, 0.15) is 44.9 Å². The van der Waals surface area contributed by atoms with E-state index in [1.807, 2.05) is 24.3 Å². The highest BCUT2D eigenvalue weighted by molar-refractivity contribution is 7.99. The number of H-pyrrole nitrogens is 1. The van der Waals surface area contributed by atoms with Crippen molar-refractivity contribution in [3.63, 3.8) is 0 Å². The van der Waals surface area contributed by atoms with Crippen LogP contribution in [0.25, 0.3) is 10.9 Å². The molecule has 2 aromatic heterocycles. The third kappa shape index (κ3) is 6.88.